The van der Waals surface area contributed by atoms with Crippen LogP contribution >= 0.6 is 11.6 Å². The molecule has 0 aliphatic carbocycles. The van der Waals surface area contributed by atoms with E-state index in [1.54, 1.807) is 52.3 Å². The molecule has 0 saturated carbocycles. The van der Waals surface area contributed by atoms with E-state index in [0.29, 0.717) is 96.7 Å². The predicted octanol–water partition coefficient (Wildman–Crippen LogP) is 14.9. The second-order valence-electron chi connectivity index (χ2n) is 19.8. The maximum atomic E-state index is 14.5. The van der Waals surface area contributed by atoms with Crippen LogP contribution in [0, 0.1) is 5.82 Å². The van der Waals surface area contributed by atoms with E-state index in [0.717, 1.165) is 66.1 Å². The Kier molecular flexibility index (Phi) is 19.2. The molecule has 5 aromatic carbocycles. The van der Waals surface area contributed by atoms with Crippen molar-refractivity contribution in [1.29, 1.82) is 0 Å². The molecule has 406 valence electrons. The van der Waals surface area contributed by atoms with Gasteiger partial charge in [0.1, 0.15) is 23.0 Å². The Bertz CT molecular complexity index is 3470. The third-order valence-electron chi connectivity index (χ3n) is 14.1. The van der Waals surface area contributed by atoms with Crippen LogP contribution in [0.4, 0.5) is 26.2 Å². The monoisotopic (exact) mass is 1080 g/mol. The quantitative estimate of drug-likeness (QED) is 0.0393. The Hall–Kier alpha value is -8.26. The van der Waals surface area contributed by atoms with E-state index >= 15 is 0 Å². The lowest BCUT2D eigenvalue weighted by Crippen LogP contribution is -2.49. The topological polar surface area (TPSA) is 143 Å². The van der Waals surface area contributed by atoms with Gasteiger partial charge < -0.3 is 35.1 Å². The summed E-state index contributed by atoms with van der Waals surface area (Å²) in [7, 11) is 0. The molecule has 1 fully saturated rings. The third-order valence-corrected chi connectivity index (χ3v) is 14.5. The number of hydrogen-bond donors (Lipinski definition) is 4. The molecule has 1 unspecified atom stereocenters. The number of anilines is 3. The van der Waals surface area contributed by atoms with E-state index in [1.165, 1.54) is 12.1 Å². The summed E-state index contributed by atoms with van der Waals surface area (Å²) in [5.41, 5.74) is 5.90. The molecule has 14 heteroatoms. The number of alkyl halides is 1. The van der Waals surface area contributed by atoms with Gasteiger partial charge in [-0.05, 0) is 122 Å². The Morgan fingerprint density at radius 3 is 1.92 bits per heavy atom. The van der Waals surface area contributed by atoms with Gasteiger partial charge in [-0.3, -0.25) is 19.3 Å². The molecule has 0 radical (unpaired) electrons. The van der Waals surface area contributed by atoms with Crippen molar-refractivity contribution in [2.45, 2.75) is 70.8 Å². The summed E-state index contributed by atoms with van der Waals surface area (Å²) >= 11 is 6.60. The average Bonchev–Trinajstić information content (AvgIpc) is 4.32. The van der Waals surface area contributed by atoms with E-state index < -0.39 is 6.09 Å². The number of carbonyl (C=O) groups is 4. The summed E-state index contributed by atoms with van der Waals surface area (Å²) in [5.74, 6) is -0.622. The molecule has 2 aromatic heterocycles. The Morgan fingerprint density at radius 2 is 1.25 bits per heavy atom. The second-order valence-corrected chi connectivity index (χ2v) is 20.1. The van der Waals surface area contributed by atoms with Crippen molar-refractivity contribution in [1.82, 2.24) is 19.8 Å². The first-order valence-corrected chi connectivity index (χ1v) is 27.8. The number of aromatic nitrogens is 2. The number of aromatic amines is 2. The molecule has 79 heavy (non-hydrogen) atoms. The van der Waals surface area contributed by atoms with E-state index in [1.807, 2.05) is 48.5 Å². The standard InChI is InChI=1S/C65H67ClFN7O5/c1-2-3-4-5-6-7-8-9-10-11-12-13-14-15-16-17-18-19-20-25-61(75)68-51-29-26-46(27-30-51)44-72-34-36-73(37-35-72)65(78)79-60-42-59-62(54-24-22-21-23-53(54)60)49(43-66)45-74(59)64(77)58-41-48-39-52(31-33-56(48)71-58)69-63(76)57-40-47-38-50(67)28-32-55(47)70-57/h3-4,6-7,9-10,12-13,15-16,18-19,21-24,26-33,38-42,49,70-71H,2,5,8,11,14,17,20,25,34-37,43-45H2,1H3,(H,68,75)(H,69,76)/b4-3-,7-6-,10-9-,13-12-,16-15-,19-18-. The normalized spacial score (nSPS) is 15.2. The summed E-state index contributed by atoms with van der Waals surface area (Å²) in [6, 6.07) is 30.4. The molecule has 9 rings (SSSR count). The molecule has 0 spiro atoms. The fourth-order valence-electron chi connectivity index (χ4n) is 9.99. The summed E-state index contributed by atoms with van der Waals surface area (Å²) in [6.07, 6.45) is 32.4. The van der Waals surface area contributed by atoms with E-state index in [4.69, 9.17) is 16.3 Å². The van der Waals surface area contributed by atoms with Gasteiger partial charge in [0.2, 0.25) is 5.91 Å². The molecular weight excluding hydrogens is 1010 g/mol. The van der Waals surface area contributed by atoms with Crippen LogP contribution in [0.15, 0.2) is 176 Å². The van der Waals surface area contributed by atoms with Crippen molar-refractivity contribution < 1.29 is 28.3 Å². The zero-order chi connectivity index (χ0) is 54.9. The van der Waals surface area contributed by atoms with Crippen molar-refractivity contribution in [2.24, 2.45) is 0 Å². The maximum absolute atomic E-state index is 14.5. The minimum atomic E-state index is -0.465. The Morgan fingerprint density at radius 1 is 0.658 bits per heavy atom. The molecule has 12 nitrogen and oxygen atoms in total. The first-order chi connectivity index (χ1) is 38.6. The molecule has 2 aliphatic heterocycles. The van der Waals surface area contributed by atoms with Gasteiger partial charge in [-0.15, -0.1) is 11.6 Å². The van der Waals surface area contributed by atoms with Gasteiger partial charge in [0.25, 0.3) is 11.8 Å². The van der Waals surface area contributed by atoms with Crippen molar-refractivity contribution in [3.05, 3.63) is 204 Å². The Balaban J connectivity index is 0.726. The van der Waals surface area contributed by atoms with Gasteiger partial charge in [-0.25, -0.2) is 9.18 Å². The van der Waals surface area contributed by atoms with Crippen LogP contribution < -0.4 is 20.3 Å². The van der Waals surface area contributed by atoms with Gasteiger partial charge in [-0.1, -0.05) is 116 Å². The van der Waals surface area contributed by atoms with Gasteiger partial charge in [0.15, 0.2) is 0 Å². The minimum absolute atomic E-state index is 0.0238. The van der Waals surface area contributed by atoms with Crippen molar-refractivity contribution in [3.8, 4) is 5.75 Å². The van der Waals surface area contributed by atoms with Crippen molar-refractivity contribution in [3.63, 3.8) is 0 Å². The van der Waals surface area contributed by atoms with E-state index in [2.05, 4.69) is 105 Å². The average molecular weight is 1080 g/mol. The summed E-state index contributed by atoms with van der Waals surface area (Å²) in [4.78, 5) is 66.2. The molecule has 4 heterocycles. The van der Waals surface area contributed by atoms with Crippen LogP contribution in [0.3, 0.4) is 0 Å². The number of hydrogen-bond acceptors (Lipinski definition) is 6. The van der Waals surface area contributed by atoms with Gasteiger partial charge in [0, 0.05) is 102 Å². The lowest BCUT2D eigenvalue weighted by atomic mass is 9.95. The number of nitrogens with zero attached hydrogens (tertiary/aromatic N) is 3. The first-order valence-electron chi connectivity index (χ1n) is 27.3. The first kappa shape index (κ1) is 55.5. The van der Waals surface area contributed by atoms with Crippen LogP contribution in [-0.2, 0) is 11.3 Å². The maximum Gasteiger partial charge on any atom is 0.415 e. The highest BCUT2D eigenvalue weighted by Crippen LogP contribution is 2.46. The van der Waals surface area contributed by atoms with Gasteiger partial charge in [0.05, 0.1) is 5.69 Å². The fraction of sp³-hybridized carbons (Fsp3) is 0.262. The highest BCUT2D eigenvalue weighted by atomic mass is 35.5. The lowest BCUT2D eigenvalue weighted by molar-refractivity contribution is -0.116. The zero-order valence-electron chi connectivity index (χ0n) is 44.6. The van der Waals surface area contributed by atoms with Crippen LogP contribution in [0.25, 0.3) is 32.6 Å². The molecule has 2 aliphatic rings. The lowest BCUT2D eigenvalue weighted by Gasteiger charge is -2.34. The molecule has 0 bridgehead atoms. The third kappa shape index (κ3) is 14.7. The number of ether oxygens (including phenoxy) is 1. The smallest absolute Gasteiger partial charge is 0.409 e. The molecule has 1 atom stereocenters. The highest BCUT2D eigenvalue weighted by molar-refractivity contribution is 6.19. The summed E-state index contributed by atoms with van der Waals surface area (Å²) in [6.45, 7) is 5.42. The number of piperazine rings is 1. The highest BCUT2D eigenvalue weighted by Gasteiger charge is 2.36. The van der Waals surface area contributed by atoms with Gasteiger partial charge in [-0.2, -0.15) is 0 Å². The molecule has 4 amide bonds. The second kappa shape index (κ2) is 27.4. The molecule has 1 saturated heterocycles. The molecule has 4 N–H and O–H groups in total. The fourth-order valence-corrected chi connectivity index (χ4v) is 10.2. The number of carbonyl (C=O) groups excluding carboxylic acids is 4. The largest absolute Gasteiger partial charge is 0.415 e. The SMILES string of the molecule is CC/C=C\C/C=C\C/C=C\C/C=C\C/C=C\C/C=C\CCC(=O)Nc1ccc(CN2CCN(C(=O)Oc3cc4c(c5ccccc35)C(CCl)CN4C(=O)c3cc4cc(NC(=O)c5cc6cc(F)ccc6[nH]5)ccc4[nH]3)CC2)cc1. The number of benzene rings is 5. The van der Waals surface area contributed by atoms with Crippen LogP contribution in [0.1, 0.15) is 96.3 Å². The zero-order valence-corrected chi connectivity index (χ0v) is 45.3. The number of H-pyrrole nitrogens is 2. The van der Waals surface area contributed by atoms with Crippen molar-refractivity contribution >= 4 is 85.1 Å². The van der Waals surface area contributed by atoms with Crippen LogP contribution in [0.5, 0.6) is 5.75 Å². The van der Waals surface area contributed by atoms with Crippen LogP contribution in [0.2, 0.25) is 0 Å². The number of nitrogens with one attached hydrogen (secondary N) is 4. The minimum Gasteiger partial charge on any atom is -0.409 e. The molecular formula is C65H67ClFN7O5. The van der Waals surface area contributed by atoms with Gasteiger partial charge >= 0.3 is 6.09 Å². The number of allylic oxidation sites excluding steroid dienone is 12. The van der Waals surface area contributed by atoms with E-state index in [-0.39, 0.29) is 41.0 Å². The Labute approximate surface area is 466 Å². The number of amides is 4. The summed E-state index contributed by atoms with van der Waals surface area (Å²) < 4.78 is 20.0. The summed E-state index contributed by atoms with van der Waals surface area (Å²) in [5, 5.41) is 8.82. The number of rotatable bonds is 22. The van der Waals surface area contributed by atoms with Crippen molar-refractivity contribution in [2.75, 3.05) is 54.1 Å². The predicted molar refractivity (Wildman–Crippen MR) is 319 cm³/mol. The van der Waals surface area contributed by atoms with E-state index in [9.17, 15) is 23.6 Å². The van der Waals surface area contributed by atoms with Crippen LogP contribution in [-0.4, -0.2) is 82.2 Å². The number of halogens is 2. The molecule has 7 aromatic rings. The number of fused-ring (bicyclic) bond motifs is 5.